The molecule has 12 aromatic carbocycles. The Bertz CT molecular complexity index is 3930. The highest BCUT2D eigenvalue weighted by Crippen LogP contribution is 2.56. The molecule has 1 aliphatic carbocycles. The van der Waals surface area contributed by atoms with E-state index in [9.17, 15) is 0 Å². The van der Waals surface area contributed by atoms with Crippen molar-refractivity contribution in [2.24, 2.45) is 0 Å². The minimum absolute atomic E-state index is 0.465. The van der Waals surface area contributed by atoms with E-state index in [0.717, 1.165) is 17.1 Å². The van der Waals surface area contributed by atoms with Gasteiger partial charge in [0.05, 0.1) is 5.41 Å². The van der Waals surface area contributed by atoms with Crippen LogP contribution in [0.25, 0.3) is 55.3 Å². The van der Waals surface area contributed by atoms with Crippen LogP contribution in [-0.2, 0) is 5.41 Å². The van der Waals surface area contributed by atoms with E-state index in [1.54, 1.807) is 0 Å². The van der Waals surface area contributed by atoms with Crippen molar-refractivity contribution in [2.45, 2.75) is 5.41 Å². The first-order chi connectivity index (χ1) is 36.2. The molecule has 0 saturated carbocycles. The molecule has 0 fully saturated rings. The van der Waals surface area contributed by atoms with Gasteiger partial charge in [0, 0.05) is 17.1 Å². The maximum atomic E-state index is 2.50. The summed E-state index contributed by atoms with van der Waals surface area (Å²) in [5.41, 5.74) is 18.1. The van der Waals surface area contributed by atoms with Crippen LogP contribution >= 0.6 is 0 Å². The molecule has 2 aliphatic rings. The molecular formula is C71H49NSi. The van der Waals surface area contributed by atoms with Gasteiger partial charge in [0.15, 0.2) is 8.07 Å². The quantitative estimate of drug-likeness (QED) is 0.130. The molecule has 12 aromatic rings. The molecule has 1 heterocycles. The van der Waals surface area contributed by atoms with Crippen molar-refractivity contribution in [2.75, 3.05) is 4.90 Å². The third-order valence-electron chi connectivity index (χ3n) is 15.8. The van der Waals surface area contributed by atoms with Gasteiger partial charge in [-0.25, -0.2) is 0 Å². The first-order valence-corrected chi connectivity index (χ1v) is 27.4. The van der Waals surface area contributed by atoms with Crippen molar-refractivity contribution in [3.63, 3.8) is 0 Å². The second-order valence-corrected chi connectivity index (χ2v) is 23.3. The van der Waals surface area contributed by atoms with Crippen LogP contribution < -0.4 is 25.6 Å². The van der Waals surface area contributed by atoms with Crippen molar-refractivity contribution in [1.29, 1.82) is 0 Å². The lowest BCUT2D eigenvalue weighted by Gasteiger charge is -2.34. The molecule has 1 nitrogen and oxygen atoms in total. The van der Waals surface area contributed by atoms with E-state index in [-0.39, 0.29) is 0 Å². The van der Waals surface area contributed by atoms with Crippen LogP contribution in [0.3, 0.4) is 0 Å². The first-order valence-electron chi connectivity index (χ1n) is 25.4. The molecule has 0 bridgehead atoms. The van der Waals surface area contributed by atoms with Gasteiger partial charge in [-0.15, -0.1) is 0 Å². The Hall–Kier alpha value is -9.08. The predicted molar refractivity (Wildman–Crippen MR) is 309 cm³/mol. The standard InChI is InChI=1S/C71H49NSi/c1-4-19-50(20-5-1)52-38-44-61(45-39-52)73(69-33-16-13-30-65(69)66-31-14-17-34-70(66)73)62-28-18-27-59(49-62)72(60-43-37-51-21-10-11-22-54(51)47-60)58-41-35-53(36-42-58)55-40-46-64-63-29-12-15-32-67(63)71(68(64)48-55,56-23-6-2-7-24-56)57-25-8-3-9-26-57/h1-49H. The number of hydrogen-bond donors (Lipinski definition) is 0. The van der Waals surface area contributed by atoms with Crippen molar-refractivity contribution in [1.82, 2.24) is 0 Å². The van der Waals surface area contributed by atoms with E-state index in [1.165, 1.54) is 98.3 Å². The van der Waals surface area contributed by atoms with Crippen LogP contribution in [0.2, 0.25) is 0 Å². The number of anilines is 3. The highest BCUT2D eigenvalue weighted by molar-refractivity contribution is 7.22. The summed E-state index contributed by atoms with van der Waals surface area (Å²) < 4.78 is 0. The summed E-state index contributed by atoms with van der Waals surface area (Å²) >= 11 is 0. The van der Waals surface area contributed by atoms with Gasteiger partial charge in [0.1, 0.15) is 0 Å². The number of hydrogen-bond acceptors (Lipinski definition) is 1. The molecule has 2 heteroatoms. The molecule has 0 atom stereocenters. The lowest BCUT2D eigenvalue weighted by molar-refractivity contribution is 0.769. The zero-order valence-electron chi connectivity index (χ0n) is 40.2. The SMILES string of the molecule is c1ccc(-c2ccc([Si]3(c4cccc(N(c5ccc(-c6ccc7c(c6)C(c6ccccc6)(c6ccccc6)c6ccccc6-7)cc5)c5ccc6ccccc6c5)c4)c4ccccc4-c4ccccc43)cc2)cc1. The number of nitrogens with zero attached hydrogens (tertiary/aromatic N) is 1. The first kappa shape index (κ1) is 42.8. The molecule has 1 aliphatic heterocycles. The van der Waals surface area contributed by atoms with Crippen molar-refractivity contribution >= 4 is 56.7 Å². The summed E-state index contributed by atoms with van der Waals surface area (Å²) in [5, 5.41) is 8.04. The molecular weight excluding hydrogens is 895 g/mol. The fourth-order valence-electron chi connectivity index (χ4n) is 12.6. The van der Waals surface area contributed by atoms with Gasteiger partial charge in [0.25, 0.3) is 0 Å². The van der Waals surface area contributed by atoms with E-state index in [0.29, 0.717) is 0 Å². The van der Waals surface area contributed by atoms with Crippen molar-refractivity contribution in [3.05, 3.63) is 320 Å². The highest BCUT2D eigenvalue weighted by atomic mass is 28.3. The molecule has 0 unspecified atom stereocenters. The Kier molecular flexibility index (Phi) is 10.2. The molecule has 0 spiro atoms. The van der Waals surface area contributed by atoms with Crippen molar-refractivity contribution < 1.29 is 0 Å². The van der Waals surface area contributed by atoms with Gasteiger partial charge in [0.2, 0.25) is 0 Å². The Labute approximate surface area is 428 Å². The summed E-state index contributed by atoms with van der Waals surface area (Å²) in [6.07, 6.45) is 0. The van der Waals surface area contributed by atoms with Gasteiger partial charge in [-0.2, -0.15) is 0 Å². The maximum absolute atomic E-state index is 2.85. The van der Waals surface area contributed by atoms with Crippen LogP contribution in [0.5, 0.6) is 0 Å². The van der Waals surface area contributed by atoms with Gasteiger partial charge in [-0.1, -0.05) is 255 Å². The van der Waals surface area contributed by atoms with Gasteiger partial charge in [-0.05, 0) is 141 Å². The van der Waals surface area contributed by atoms with E-state index < -0.39 is 13.5 Å². The topological polar surface area (TPSA) is 3.24 Å². The lowest BCUT2D eigenvalue weighted by atomic mass is 9.67. The van der Waals surface area contributed by atoms with E-state index >= 15 is 0 Å². The van der Waals surface area contributed by atoms with E-state index in [2.05, 4.69) is 302 Å². The van der Waals surface area contributed by atoms with Gasteiger partial charge in [-0.3, -0.25) is 0 Å². The summed E-state index contributed by atoms with van der Waals surface area (Å²) in [6, 6.07) is 111. The average Bonchev–Trinajstić information content (AvgIpc) is 3.94. The summed E-state index contributed by atoms with van der Waals surface area (Å²) in [7, 11) is -2.85. The number of benzene rings is 12. The molecule has 0 amide bonds. The maximum Gasteiger partial charge on any atom is 0.180 e. The Morgan fingerprint density at radius 2 is 0.753 bits per heavy atom. The Balaban J connectivity index is 0.927. The van der Waals surface area contributed by atoms with Crippen LogP contribution in [-0.4, -0.2) is 8.07 Å². The van der Waals surface area contributed by atoms with E-state index in [4.69, 9.17) is 0 Å². The summed E-state index contributed by atoms with van der Waals surface area (Å²) in [6.45, 7) is 0. The normalized spacial score (nSPS) is 13.4. The molecule has 342 valence electrons. The minimum atomic E-state index is -2.85. The van der Waals surface area contributed by atoms with Crippen molar-refractivity contribution in [3.8, 4) is 44.5 Å². The second-order valence-electron chi connectivity index (χ2n) is 19.5. The summed E-state index contributed by atoms with van der Waals surface area (Å²) in [4.78, 5) is 2.46. The van der Waals surface area contributed by atoms with Gasteiger partial charge >= 0.3 is 0 Å². The Morgan fingerprint density at radius 3 is 1.44 bits per heavy atom. The fraction of sp³-hybridized carbons (Fsp3) is 0.0141. The Morgan fingerprint density at radius 1 is 0.260 bits per heavy atom. The fourth-order valence-corrected chi connectivity index (χ4v) is 17.8. The number of rotatable bonds is 9. The minimum Gasteiger partial charge on any atom is -0.310 e. The van der Waals surface area contributed by atoms with Crippen LogP contribution in [0, 0.1) is 0 Å². The van der Waals surface area contributed by atoms with Crippen LogP contribution in [0.1, 0.15) is 22.3 Å². The second kappa shape index (κ2) is 17.3. The monoisotopic (exact) mass is 943 g/mol. The smallest absolute Gasteiger partial charge is 0.180 e. The molecule has 0 radical (unpaired) electrons. The third-order valence-corrected chi connectivity index (χ3v) is 20.7. The van der Waals surface area contributed by atoms with Crippen LogP contribution in [0.4, 0.5) is 17.1 Å². The van der Waals surface area contributed by atoms with Crippen LogP contribution in [0.15, 0.2) is 297 Å². The molecule has 0 aromatic heterocycles. The zero-order chi connectivity index (χ0) is 48.3. The zero-order valence-corrected chi connectivity index (χ0v) is 41.2. The number of fused-ring (bicyclic) bond motifs is 7. The average molecular weight is 944 g/mol. The molecule has 14 rings (SSSR count). The molecule has 0 N–H and O–H groups in total. The molecule has 73 heavy (non-hydrogen) atoms. The highest BCUT2D eigenvalue weighted by Gasteiger charge is 2.49. The lowest BCUT2D eigenvalue weighted by Crippen LogP contribution is -2.72. The summed E-state index contributed by atoms with van der Waals surface area (Å²) in [5.74, 6) is 0. The van der Waals surface area contributed by atoms with E-state index in [1.807, 2.05) is 0 Å². The third kappa shape index (κ3) is 6.68. The molecule has 0 saturated heterocycles. The largest absolute Gasteiger partial charge is 0.310 e. The van der Waals surface area contributed by atoms with Gasteiger partial charge < -0.3 is 4.90 Å². The predicted octanol–water partition coefficient (Wildman–Crippen LogP) is 15.4.